The second-order valence-electron chi connectivity index (χ2n) is 4.22. The minimum absolute atomic E-state index is 0.518. The van der Waals surface area contributed by atoms with Crippen LogP contribution in [0.2, 0.25) is 5.02 Å². The number of nitrogens with two attached hydrogens (primary N) is 1. The standard InChI is InChI=1S/C14H11ClN2O/c1-8-2-5-13-12(6-8)17-14(18-13)10-4-3-9(15)7-11(10)16/h2-7H,16H2,1H3. The highest BCUT2D eigenvalue weighted by Crippen LogP contribution is 2.30. The molecule has 4 heteroatoms. The van der Waals surface area contributed by atoms with Gasteiger partial charge in [0.15, 0.2) is 5.58 Å². The Morgan fingerprint density at radius 2 is 2.00 bits per heavy atom. The third-order valence-corrected chi connectivity index (χ3v) is 3.02. The first kappa shape index (κ1) is 11.1. The van der Waals surface area contributed by atoms with E-state index in [0.717, 1.165) is 22.2 Å². The molecule has 0 unspecified atom stereocenters. The van der Waals surface area contributed by atoms with Gasteiger partial charge < -0.3 is 10.2 Å². The van der Waals surface area contributed by atoms with Crippen LogP contribution in [0.5, 0.6) is 0 Å². The molecule has 0 atom stereocenters. The summed E-state index contributed by atoms with van der Waals surface area (Å²) in [7, 11) is 0. The molecule has 3 rings (SSSR count). The Morgan fingerprint density at radius 1 is 1.17 bits per heavy atom. The lowest BCUT2D eigenvalue weighted by molar-refractivity contribution is 0.620. The molecule has 1 heterocycles. The van der Waals surface area contributed by atoms with Crippen molar-refractivity contribution in [3.63, 3.8) is 0 Å². The first-order chi connectivity index (χ1) is 8.63. The molecule has 0 saturated carbocycles. The minimum Gasteiger partial charge on any atom is -0.436 e. The number of halogens is 1. The Hall–Kier alpha value is -2.00. The smallest absolute Gasteiger partial charge is 0.229 e. The number of nitrogens with zero attached hydrogens (tertiary/aromatic N) is 1. The average Bonchev–Trinajstić information content (AvgIpc) is 2.71. The average molecular weight is 259 g/mol. The Kier molecular flexibility index (Phi) is 2.49. The van der Waals surface area contributed by atoms with E-state index in [4.69, 9.17) is 21.8 Å². The van der Waals surface area contributed by atoms with Gasteiger partial charge in [-0.1, -0.05) is 17.7 Å². The van der Waals surface area contributed by atoms with Gasteiger partial charge >= 0.3 is 0 Å². The van der Waals surface area contributed by atoms with E-state index in [1.807, 2.05) is 31.2 Å². The Morgan fingerprint density at radius 3 is 2.78 bits per heavy atom. The van der Waals surface area contributed by atoms with Crippen molar-refractivity contribution in [2.75, 3.05) is 5.73 Å². The molecule has 3 nitrogen and oxygen atoms in total. The van der Waals surface area contributed by atoms with Crippen molar-refractivity contribution in [1.82, 2.24) is 4.98 Å². The number of hydrogen-bond donors (Lipinski definition) is 1. The Balaban J connectivity index is 2.19. The van der Waals surface area contributed by atoms with Gasteiger partial charge in [0.25, 0.3) is 0 Å². The summed E-state index contributed by atoms with van der Waals surface area (Å²) in [4.78, 5) is 4.44. The number of anilines is 1. The Bertz CT molecular complexity index is 734. The van der Waals surface area contributed by atoms with E-state index < -0.39 is 0 Å². The maximum absolute atomic E-state index is 5.92. The van der Waals surface area contributed by atoms with Crippen molar-refractivity contribution < 1.29 is 4.42 Å². The highest BCUT2D eigenvalue weighted by Gasteiger charge is 2.11. The fraction of sp³-hybridized carbons (Fsp3) is 0.0714. The van der Waals surface area contributed by atoms with E-state index in [0.29, 0.717) is 16.6 Å². The number of hydrogen-bond acceptors (Lipinski definition) is 3. The molecule has 0 spiro atoms. The van der Waals surface area contributed by atoms with E-state index in [1.165, 1.54) is 0 Å². The third-order valence-electron chi connectivity index (χ3n) is 2.79. The van der Waals surface area contributed by atoms with E-state index in [2.05, 4.69) is 4.98 Å². The van der Waals surface area contributed by atoms with Crippen molar-refractivity contribution in [2.24, 2.45) is 0 Å². The third kappa shape index (κ3) is 1.83. The van der Waals surface area contributed by atoms with Crippen LogP contribution in [0.25, 0.3) is 22.6 Å². The lowest BCUT2D eigenvalue weighted by Gasteiger charge is -2.00. The summed E-state index contributed by atoms with van der Waals surface area (Å²) in [5.74, 6) is 0.518. The van der Waals surface area contributed by atoms with Gasteiger partial charge in [0.2, 0.25) is 5.89 Å². The lowest BCUT2D eigenvalue weighted by atomic mass is 10.2. The molecule has 0 saturated heterocycles. The molecule has 90 valence electrons. The van der Waals surface area contributed by atoms with Gasteiger partial charge in [0.05, 0.1) is 5.56 Å². The molecule has 0 fully saturated rings. The molecule has 0 aliphatic rings. The van der Waals surface area contributed by atoms with Crippen LogP contribution < -0.4 is 5.73 Å². The number of oxazole rings is 1. The number of fused-ring (bicyclic) bond motifs is 1. The first-order valence-corrected chi connectivity index (χ1v) is 5.94. The summed E-state index contributed by atoms with van der Waals surface area (Å²) in [6, 6.07) is 11.2. The second kappa shape index (κ2) is 4.03. The van der Waals surface area contributed by atoms with Crippen LogP contribution in [0, 0.1) is 6.92 Å². The highest BCUT2D eigenvalue weighted by molar-refractivity contribution is 6.31. The van der Waals surface area contributed by atoms with Gasteiger partial charge in [-0.2, -0.15) is 0 Å². The van der Waals surface area contributed by atoms with Crippen molar-refractivity contribution >= 4 is 28.4 Å². The second-order valence-corrected chi connectivity index (χ2v) is 4.66. The largest absolute Gasteiger partial charge is 0.436 e. The molecule has 3 aromatic rings. The van der Waals surface area contributed by atoms with Gasteiger partial charge in [-0.05, 0) is 42.8 Å². The molecular formula is C14H11ClN2O. The van der Waals surface area contributed by atoms with Crippen LogP contribution in [-0.4, -0.2) is 4.98 Å². The molecule has 0 bridgehead atoms. The molecule has 2 aromatic carbocycles. The zero-order chi connectivity index (χ0) is 12.7. The summed E-state index contributed by atoms with van der Waals surface area (Å²) >= 11 is 5.87. The molecule has 1 aromatic heterocycles. The maximum Gasteiger partial charge on any atom is 0.229 e. The molecule has 0 amide bonds. The molecule has 18 heavy (non-hydrogen) atoms. The summed E-state index contributed by atoms with van der Waals surface area (Å²) in [5.41, 5.74) is 9.97. The fourth-order valence-corrected chi connectivity index (χ4v) is 2.06. The minimum atomic E-state index is 0.518. The number of benzene rings is 2. The molecule has 0 aliphatic heterocycles. The number of aromatic nitrogens is 1. The molecule has 2 N–H and O–H groups in total. The SMILES string of the molecule is Cc1ccc2oc(-c3ccc(Cl)cc3N)nc2c1. The van der Waals surface area contributed by atoms with Crippen LogP contribution in [0.4, 0.5) is 5.69 Å². The van der Waals surface area contributed by atoms with Crippen LogP contribution in [0.3, 0.4) is 0 Å². The zero-order valence-corrected chi connectivity index (χ0v) is 10.5. The van der Waals surface area contributed by atoms with Gasteiger partial charge in [0.1, 0.15) is 5.52 Å². The number of rotatable bonds is 1. The summed E-state index contributed by atoms with van der Waals surface area (Å²) in [6.45, 7) is 2.02. The van der Waals surface area contributed by atoms with Gasteiger partial charge in [0, 0.05) is 10.7 Å². The highest BCUT2D eigenvalue weighted by atomic mass is 35.5. The summed E-state index contributed by atoms with van der Waals surface area (Å²) in [6.07, 6.45) is 0. The van der Waals surface area contributed by atoms with Crippen LogP contribution in [0.1, 0.15) is 5.56 Å². The van der Waals surface area contributed by atoms with Crippen LogP contribution in [0.15, 0.2) is 40.8 Å². The monoisotopic (exact) mass is 258 g/mol. The van der Waals surface area contributed by atoms with Gasteiger partial charge in [-0.15, -0.1) is 0 Å². The predicted octanol–water partition coefficient (Wildman–Crippen LogP) is 4.04. The normalized spacial score (nSPS) is 11.0. The summed E-state index contributed by atoms with van der Waals surface area (Å²) in [5, 5.41) is 0.600. The van der Waals surface area contributed by atoms with E-state index in [-0.39, 0.29) is 0 Å². The van der Waals surface area contributed by atoms with Gasteiger partial charge in [-0.3, -0.25) is 0 Å². The van der Waals surface area contributed by atoms with E-state index in [1.54, 1.807) is 12.1 Å². The number of aryl methyl sites for hydroxylation is 1. The molecular weight excluding hydrogens is 248 g/mol. The van der Waals surface area contributed by atoms with Crippen molar-refractivity contribution in [3.8, 4) is 11.5 Å². The zero-order valence-electron chi connectivity index (χ0n) is 9.77. The first-order valence-electron chi connectivity index (χ1n) is 5.56. The fourth-order valence-electron chi connectivity index (χ4n) is 1.88. The van der Waals surface area contributed by atoms with Crippen molar-refractivity contribution in [1.29, 1.82) is 0 Å². The maximum atomic E-state index is 5.92. The Labute approximate surface area is 109 Å². The topological polar surface area (TPSA) is 52.0 Å². The lowest BCUT2D eigenvalue weighted by Crippen LogP contribution is -1.89. The quantitative estimate of drug-likeness (QED) is 0.670. The van der Waals surface area contributed by atoms with Crippen molar-refractivity contribution in [2.45, 2.75) is 6.92 Å². The molecule has 0 aliphatic carbocycles. The van der Waals surface area contributed by atoms with Crippen LogP contribution >= 0.6 is 11.6 Å². The van der Waals surface area contributed by atoms with E-state index >= 15 is 0 Å². The molecule has 0 radical (unpaired) electrons. The van der Waals surface area contributed by atoms with Gasteiger partial charge in [-0.25, -0.2) is 4.98 Å². The van der Waals surface area contributed by atoms with Crippen molar-refractivity contribution in [3.05, 3.63) is 47.0 Å². The predicted molar refractivity (Wildman–Crippen MR) is 73.6 cm³/mol. The number of nitrogen functional groups attached to an aromatic ring is 1. The van der Waals surface area contributed by atoms with Crippen LogP contribution in [-0.2, 0) is 0 Å². The van der Waals surface area contributed by atoms with E-state index in [9.17, 15) is 0 Å². The summed E-state index contributed by atoms with van der Waals surface area (Å²) < 4.78 is 5.70.